The molecule has 0 unspecified atom stereocenters. The molecule has 0 saturated heterocycles. The number of benzene rings is 1. The Bertz CT molecular complexity index is 731. The lowest BCUT2D eigenvalue weighted by atomic mass is 10.3. The van der Waals surface area contributed by atoms with Gasteiger partial charge in [-0.25, -0.2) is 8.42 Å². The second kappa shape index (κ2) is 6.65. The maximum Gasteiger partial charge on any atom is 0.265 e. The van der Waals surface area contributed by atoms with Crippen LogP contribution in [0.15, 0.2) is 35.5 Å². The molecule has 0 fully saturated rings. The average molecular weight is 349 g/mol. The molecule has 1 aromatic heterocycles. The van der Waals surface area contributed by atoms with E-state index in [-0.39, 0.29) is 15.6 Å². The monoisotopic (exact) mass is 348 g/mol. The Morgan fingerprint density at radius 2 is 2.10 bits per heavy atom. The third-order valence-electron chi connectivity index (χ3n) is 2.68. The summed E-state index contributed by atoms with van der Waals surface area (Å²) in [5, 5.41) is 7.62. The first-order valence-electron chi connectivity index (χ1n) is 6.07. The summed E-state index contributed by atoms with van der Waals surface area (Å²) < 4.78 is 28.5. The van der Waals surface area contributed by atoms with Crippen molar-refractivity contribution in [2.24, 2.45) is 0 Å². The molecule has 114 valence electrons. The van der Waals surface area contributed by atoms with E-state index < -0.39 is 10.0 Å². The molecule has 0 aliphatic carbocycles. The van der Waals surface area contributed by atoms with E-state index in [2.05, 4.69) is 15.1 Å². The highest BCUT2D eigenvalue weighted by Crippen LogP contribution is 2.27. The highest BCUT2D eigenvalue weighted by Gasteiger charge is 2.18. The van der Waals surface area contributed by atoms with E-state index in [1.165, 1.54) is 24.5 Å². The summed E-state index contributed by atoms with van der Waals surface area (Å²) >= 11 is 11.8. The van der Waals surface area contributed by atoms with Crippen molar-refractivity contribution in [2.75, 3.05) is 18.3 Å². The topological polar surface area (TPSA) is 76.0 Å². The maximum absolute atomic E-state index is 12.3. The standard InChI is InChI=1S/C12H14Cl2N4O2S/c1-15-4-5-18-8-10(7-16-18)21(19,20)17-12-6-9(13)2-3-11(12)14/h2-3,6-8,15,17H,4-5H2,1H3. The van der Waals surface area contributed by atoms with Gasteiger partial charge >= 0.3 is 0 Å². The molecule has 0 radical (unpaired) electrons. The molecule has 0 aliphatic heterocycles. The van der Waals surface area contributed by atoms with E-state index in [4.69, 9.17) is 23.2 Å². The minimum atomic E-state index is -3.75. The van der Waals surface area contributed by atoms with Crippen LogP contribution in [0.1, 0.15) is 0 Å². The lowest BCUT2D eigenvalue weighted by molar-refractivity contribution is 0.582. The highest BCUT2D eigenvalue weighted by molar-refractivity contribution is 7.92. The van der Waals surface area contributed by atoms with Gasteiger partial charge in [0.2, 0.25) is 0 Å². The van der Waals surface area contributed by atoms with Crippen LogP contribution in [-0.4, -0.2) is 31.8 Å². The predicted molar refractivity (Wildman–Crippen MR) is 83.4 cm³/mol. The molecule has 0 saturated carbocycles. The van der Waals surface area contributed by atoms with Crippen molar-refractivity contribution < 1.29 is 8.42 Å². The minimum Gasteiger partial charge on any atom is -0.318 e. The van der Waals surface area contributed by atoms with E-state index in [9.17, 15) is 8.42 Å². The Labute approximate surface area is 133 Å². The van der Waals surface area contributed by atoms with Gasteiger partial charge in [-0.1, -0.05) is 23.2 Å². The van der Waals surface area contributed by atoms with E-state index in [1.54, 1.807) is 10.7 Å². The van der Waals surface area contributed by atoms with Gasteiger partial charge in [0.15, 0.2) is 0 Å². The first-order valence-corrected chi connectivity index (χ1v) is 8.31. The van der Waals surface area contributed by atoms with E-state index in [0.29, 0.717) is 18.1 Å². The van der Waals surface area contributed by atoms with Crippen LogP contribution in [0.2, 0.25) is 10.0 Å². The number of nitrogens with zero attached hydrogens (tertiary/aromatic N) is 2. The van der Waals surface area contributed by atoms with Gasteiger partial charge in [0.25, 0.3) is 10.0 Å². The van der Waals surface area contributed by atoms with Crippen molar-refractivity contribution in [1.29, 1.82) is 0 Å². The van der Waals surface area contributed by atoms with Gasteiger partial charge in [-0.05, 0) is 25.2 Å². The number of rotatable bonds is 6. The summed E-state index contributed by atoms with van der Waals surface area (Å²) in [6, 6.07) is 4.56. The number of hydrogen-bond acceptors (Lipinski definition) is 4. The number of anilines is 1. The number of sulfonamides is 1. The Balaban J connectivity index is 2.22. The fourth-order valence-corrected chi connectivity index (χ4v) is 3.03. The summed E-state index contributed by atoms with van der Waals surface area (Å²) in [7, 11) is -1.94. The molecule has 6 nitrogen and oxygen atoms in total. The first-order chi connectivity index (χ1) is 9.92. The van der Waals surface area contributed by atoms with Crippen LogP contribution in [0, 0.1) is 0 Å². The molecule has 0 amide bonds. The molecule has 0 spiro atoms. The van der Waals surface area contributed by atoms with Crippen molar-refractivity contribution in [3.63, 3.8) is 0 Å². The van der Waals surface area contributed by atoms with E-state index >= 15 is 0 Å². The van der Waals surface area contributed by atoms with Crippen LogP contribution in [-0.2, 0) is 16.6 Å². The van der Waals surface area contributed by atoms with Gasteiger partial charge in [0.1, 0.15) is 4.90 Å². The first kappa shape index (κ1) is 16.1. The largest absolute Gasteiger partial charge is 0.318 e. The highest BCUT2D eigenvalue weighted by atomic mass is 35.5. The van der Waals surface area contributed by atoms with Crippen molar-refractivity contribution in [2.45, 2.75) is 11.4 Å². The van der Waals surface area contributed by atoms with Gasteiger partial charge in [0.05, 0.1) is 23.5 Å². The molecular weight excluding hydrogens is 335 g/mol. The lowest BCUT2D eigenvalue weighted by Crippen LogP contribution is -2.15. The zero-order chi connectivity index (χ0) is 15.5. The number of halogens is 2. The lowest BCUT2D eigenvalue weighted by Gasteiger charge is -2.08. The molecule has 1 heterocycles. The fraction of sp³-hybridized carbons (Fsp3) is 0.250. The van der Waals surface area contributed by atoms with Crippen molar-refractivity contribution in [3.05, 3.63) is 40.6 Å². The molecule has 9 heteroatoms. The zero-order valence-corrected chi connectivity index (χ0v) is 13.5. The molecule has 1 aromatic carbocycles. The zero-order valence-electron chi connectivity index (χ0n) is 11.2. The van der Waals surface area contributed by atoms with Crippen molar-refractivity contribution >= 4 is 38.9 Å². The molecule has 21 heavy (non-hydrogen) atoms. The summed E-state index contributed by atoms with van der Waals surface area (Å²) in [6.07, 6.45) is 2.74. The van der Waals surface area contributed by atoms with Crippen LogP contribution in [0.25, 0.3) is 0 Å². The van der Waals surface area contributed by atoms with E-state index in [0.717, 1.165) is 0 Å². The van der Waals surface area contributed by atoms with E-state index in [1.807, 2.05) is 7.05 Å². The summed E-state index contributed by atoms with van der Waals surface area (Å²) in [5.74, 6) is 0. The molecule has 2 N–H and O–H groups in total. The minimum absolute atomic E-state index is 0.0645. The average Bonchev–Trinajstić information content (AvgIpc) is 2.90. The molecule has 0 aliphatic rings. The third kappa shape index (κ3) is 4.10. The quantitative estimate of drug-likeness (QED) is 0.838. The number of nitrogens with one attached hydrogen (secondary N) is 2. The molecular formula is C12H14Cl2N4O2S. The van der Waals surface area contributed by atoms with Gasteiger partial charge in [0, 0.05) is 17.8 Å². The number of likely N-dealkylation sites (N-methyl/N-ethyl adjacent to an activating group) is 1. The Hall–Kier alpha value is -1.28. The Morgan fingerprint density at radius 1 is 1.33 bits per heavy atom. The molecule has 2 aromatic rings. The Kier molecular flexibility index (Phi) is 5.10. The smallest absolute Gasteiger partial charge is 0.265 e. The second-order valence-electron chi connectivity index (χ2n) is 4.27. The van der Waals surface area contributed by atoms with Crippen LogP contribution in [0.5, 0.6) is 0 Å². The third-order valence-corrected chi connectivity index (χ3v) is 4.57. The second-order valence-corrected chi connectivity index (χ2v) is 6.80. The molecule has 2 rings (SSSR count). The Morgan fingerprint density at radius 3 is 2.81 bits per heavy atom. The molecule has 0 bridgehead atoms. The normalized spacial score (nSPS) is 11.6. The molecule has 0 atom stereocenters. The van der Waals surface area contributed by atoms with Gasteiger partial charge in [-0.2, -0.15) is 5.10 Å². The summed E-state index contributed by atoms with van der Waals surface area (Å²) in [5.41, 5.74) is 0.229. The fourth-order valence-electron chi connectivity index (χ4n) is 1.61. The number of aromatic nitrogens is 2. The van der Waals surface area contributed by atoms with Gasteiger partial charge in [-0.15, -0.1) is 0 Å². The van der Waals surface area contributed by atoms with Crippen molar-refractivity contribution in [1.82, 2.24) is 15.1 Å². The summed E-state index contributed by atoms with van der Waals surface area (Å²) in [6.45, 7) is 1.26. The number of hydrogen-bond donors (Lipinski definition) is 2. The van der Waals surface area contributed by atoms with Crippen molar-refractivity contribution in [3.8, 4) is 0 Å². The van der Waals surface area contributed by atoms with Crippen LogP contribution < -0.4 is 10.0 Å². The van der Waals surface area contributed by atoms with Crippen LogP contribution in [0.4, 0.5) is 5.69 Å². The summed E-state index contributed by atoms with van der Waals surface area (Å²) in [4.78, 5) is 0.0645. The van der Waals surface area contributed by atoms with Gasteiger partial charge < -0.3 is 5.32 Å². The predicted octanol–water partition coefficient (Wildman–Crippen LogP) is 2.21. The van der Waals surface area contributed by atoms with Crippen LogP contribution >= 0.6 is 23.2 Å². The maximum atomic E-state index is 12.3. The van der Waals surface area contributed by atoms with Crippen LogP contribution in [0.3, 0.4) is 0 Å². The SMILES string of the molecule is CNCCn1cc(S(=O)(=O)Nc2cc(Cl)ccc2Cl)cn1. The van der Waals surface area contributed by atoms with Gasteiger partial charge in [-0.3, -0.25) is 9.40 Å².